The van der Waals surface area contributed by atoms with Crippen molar-refractivity contribution in [3.8, 4) is 22.8 Å². The number of methoxy groups -OCH3 is 2. The van der Waals surface area contributed by atoms with E-state index in [9.17, 15) is 0 Å². The van der Waals surface area contributed by atoms with Crippen molar-refractivity contribution < 1.29 is 9.47 Å². The lowest BCUT2D eigenvalue weighted by Gasteiger charge is -2.11. The van der Waals surface area contributed by atoms with Gasteiger partial charge in [-0.25, -0.2) is 9.66 Å². The van der Waals surface area contributed by atoms with E-state index in [0.29, 0.717) is 23.0 Å². The minimum absolute atomic E-state index is 0.378. The Morgan fingerprint density at radius 2 is 1.83 bits per heavy atom. The van der Waals surface area contributed by atoms with Crippen LogP contribution in [-0.2, 0) is 0 Å². The van der Waals surface area contributed by atoms with Crippen LogP contribution in [0.25, 0.3) is 11.3 Å². The van der Waals surface area contributed by atoms with Gasteiger partial charge in [-0.3, -0.25) is 0 Å². The number of nitrogens with two attached hydrogens (primary N) is 2. The molecule has 0 unspecified atom stereocenters. The number of rotatable bonds is 3. The molecule has 96 valence electrons. The minimum atomic E-state index is 0.378. The number of hydrogen-bond acceptors (Lipinski definition) is 5. The van der Waals surface area contributed by atoms with Crippen molar-refractivity contribution in [2.45, 2.75) is 0 Å². The first-order chi connectivity index (χ1) is 8.58. The van der Waals surface area contributed by atoms with E-state index in [4.69, 9.17) is 21.1 Å². The lowest BCUT2D eigenvalue weighted by Crippen LogP contribution is -2.10. The Hall–Kier alpha value is -1.89. The van der Waals surface area contributed by atoms with Crippen LogP contribution in [0.2, 0.25) is 0 Å². The molecule has 0 aliphatic heterocycles. The number of nitrogens with zero attached hydrogens (tertiary/aromatic N) is 2. The molecule has 2 aromatic rings. The zero-order valence-corrected chi connectivity index (χ0v) is 11.6. The van der Waals surface area contributed by atoms with Crippen LogP contribution < -0.4 is 21.1 Å². The Balaban J connectivity index is 2.61. The molecule has 0 saturated carbocycles. The molecular weight excluding hydrogens is 300 g/mol. The molecule has 0 bridgehead atoms. The Bertz CT molecular complexity index is 583. The van der Waals surface area contributed by atoms with Crippen molar-refractivity contribution in [3.05, 3.63) is 22.9 Å². The first-order valence-electron chi connectivity index (χ1n) is 5.08. The number of halogens is 1. The third-order valence-corrected chi connectivity index (χ3v) is 3.22. The van der Waals surface area contributed by atoms with Crippen molar-refractivity contribution in [2.24, 2.45) is 0 Å². The molecule has 0 radical (unpaired) electrons. The summed E-state index contributed by atoms with van der Waals surface area (Å²) in [5, 5.41) is 0. The van der Waals surface area contributed by atoms with Crippen molar-refractivity contribution in [3.63, 3.8) is 0 Å². The predicted octanol–water partition coefficient (Wildman–Crippen LogP) is 1.63. The molecule has 1 aromatic heterocycles. The number of benzene rings is 1. The van der Waals surface area contributed by atoms with E-state index in [1.807, 2.05) is 0 Å². The molecule has 2 rings (SSSR count). The zero-order valence-electron chi connectivity index (χ0n) is 9.98. The van der Waals surface area contributed by atoms with Gasteiger partial charge in [0.1, 0.15) is 12.0 Å². The normalized spacial score (nSPS) is 10.4. The van der Waals surface area contributed by atoms with E-state index in [0.717, 1.165) is 10.0 Å². The SMILES string of the molecule is COc1cc(Br)c(-c2ncn(N)c2N)cc1OC. The summed E-state index contributed by atoms with van der Waals surface area (Å²) in [6, 6.07) is 3.59. The quantitative estimate of drug-likeness (QED) is 0.841. The smallest absolute Gasteiger partial charge is 0.161 e. The number of ether oxygens (including phenoxy) is 2. The molecule has 0 fully saturated rings. The van der Waals surface area contributed by atoms with Crippen LogP contribution in [0, 0.1) is 0 Å². The fourth-order valence-electron chi connectivity index (χ4n) is 1.61. The van der Waals surface area contributed by atoms with Crippen LogP contribution >= 0.6 is 15.9 Å². The second-order valence-electron chi connectivity index (χ2n) is 3.57. The average Bonchev–Trinajstić information content (AvgIpc) is 2.70. The summed E-state index contributed by atoms with van der Waals surface area (Å²) in [7, 11) is 3.15. The van der Waals surface area contributed by atoms with E-state index in [-0.39, 0.29) is 0 Å². The fraction of sp³-hybridized carbons (Fsp3) is 0.182. The number of imidazole rings is 1. The Morgan fingerprint density at radius 3 is 2.33 bits per heavy atom. The third-order valence-electron chi connectivity index (χ3n) is 2.56. The van der Waals surface area contributed by atoms with E-state index >= 15 is 0 Å². The van der Waals surface area contributed by atoms with Gasteiger partial charge in [0.15, 0.2) is 17.3 Å². The maximum Gasteiger partial charge on any atom is 0.161 e. The van der Waals surface area contributed by atoms with Gasteiger partial charge in [0.05, 0.1) is 14.2 Å². The summed E-state index contributed by atoms with van der Waals surface area (Å²) >= 11 is 3.45. The predicted molar refractivity (Wildman–Crippen MR) is 73.0 cm³/mol. The maximum atomic E-state index is 5.85. The zero-order chi connectivity index (χ0) is 13.3. The van der Waals surface area contributed by atoms with Gasteiger partial charge in [-0.2, -0.15) is 0 Å². The first kappa shape index (κ1) is 12.6. The van der Waals surface area contributed by atoms with Crippen LogP contribution in [0.5, 0.6) is 11.5 Å². The first-order valence-corrected chi connectivity index (χ1v) is 5.87. The monoisotopic (exact) mass is 312 g/mol. The van der Waals surface area contributed by atoms with Crippen molar-refractivity contribution >= 4 is 21.7 Å². The van der Waals surface area contributed by atoms with E-state index in [2.05, 4.69) is 20.9 Å². The van der Waals surface area contributed by atoms with Gasteiger partial charge >= 0.3 is 0 Å². The fourth-order valence-corrected chi connectivity index (χ4v) is 2.12. The Morgan fingerprint density at radius 1 is 1.22 bits per heavy atom. The van der Waals surface area contributed by atoms with Gasteiger partial charge in [-0.15, -0.1) is 0 Å². The van der Waals surface area contributed by atoms with Gasteiger partial charge in [0.2, 0.25) is 0 Å². The number of anilines is 1. The molecule has 0 spiro atoms. The van der Waals surface area contributed by atoms with Crippen LogP contribution in [-0.4, -0.2) is 23.9 Å². The van der Waals surface area contributed by atoms with Gasteiger partial charge < -0.3 is 21.1 Å². The summed E-state index contributed by atoms with van der Waals surface area (Å²) in [6.07, 6.45) is 1.45. The summed E-state index contributed by atoms with van der Waals surface area (Å²) in [5.74, 6) is 7.21. The molecular formula is C11H13BrN4O2. The summed E-state index contributed by atoms with van der Waals surface area (Å²) < 4.78 is 12.5. The second-order valence-corrected chi connectivity index (χ2v) is 4.43. The second kappa shape index (κ2) is 4.77. The highest BCUT2D eigenvalue weighted by Gasteiger charge is 2.16. The minimum Gasteiger partial charge on any atom is -0.493 e. The molecule has 4 N–H and O–H groups in total. The largest absolute Gasteiger partial charge is 0.493 e. The standard InChI is InChI=1S/C11H13BrN4O2/c1-17-8-3-6(7(12)4-9(8)18-2)10-11(13)16(14)5-15-10/h3-5H,13-14H2,1-2H3. The lowest BCUT2D eigenvalue weighted by atomic mass is 10.1. The molecule has 0 aliphatic rings. The van der Waals surface area contributed by atoms with E-state index in [1.54, 1.807) is 26.4 Å². The summed E-state index contributed by atoms with van der Waals surface area (Å²) in [4.78, 5) is 4.16. The van der Waals surface area contributed by atoms with E-state index in [1.165, 1.54) is 11.0 Å². The van der Waals surface area contributed by atoms with Crippen molar-refractivity contribution in [1.29, 1.82) is 0 Å². The molecule has 0 amide bonds. The Labute approximate surface area is 113 Å². The topological polar surface area (TPSA) is 88.3 Å². The Kier molecular flexibility index (Phi) is 3.33. The molecule has 6 nitrogen and oxygen atoms in total. The van der Waals surface area contributed by atoms with Gasteiger partial charge in [-0.1, -0.05) is 0 Å². The number of aromatic nitrogens is 2. The summed E-state index contributed by atoms with van der Waals surface area (Å²) in [5.41, 5.74) is 7.22. The molecule has 1 aromatic carbocycles. The average molecular weight is 313 g/mol. The number of nitrogen functional groups attached to an aromatic ring is 2. The van der Waals surface area contributed by atoms with Crippen LogP contribution in [0.4, 0.5) is 5.82 Å². The van der Waals surface area contributed by atoms with Crippen molar-refractivity contribution in [1.82, 2.24) is 9.66 Å². The molecule has 7 heteroatoms. The number of hydrogen-bond donors (Lipinski definition) is 2. The highest BCUT2D eigenvalue weighted by atomic mass is 79.9. The van der Waals surface area contributed by atoms with Crippen LogP contribution in [0.15, 0.2) is 22.9 Å². The molecule has 1 heterocycles. The maximum absolute atomic E-state index is 5.85. The molecule has 18 heavy (non-hydrogen) atoms. The molecule has 0 atom stereocenters. The highest BCUT2D eigenvalue weighted by Crippen LogP contribution is 2.39. The van der Waals surface area contributed by atoms with Crippen LogP contribution in [0.3, 0.4) is 0 Å². The van der Waals surface area contributed by atoms with E-state index < -0.39 is 0 Å². The third kappa shape index (κ3) is 1.97. The molecule has 0 saturated heterocycles. The van der Waals surface area contributed by atoms with Crippen molar-refractivity contribution in [2.75, 3.05) is 25.8 Å². The molecule has 0 aliphatic carbocycles. The van der Waals surface area contributed by atoms with Crippen LogP contribution in [0.1, 0.15) is 0 Å². The lowest BCUT2D eigenvalue weighted by molar-refractivity contribution is 0.355. The van der Waals surface area contributed by atoms with Gasteiger partial charge in [-0.05, 0) is 28.1 Å². The summed E-state index contributed by atoms with van der Waals surface area (Å²) in [6.45, 7) is 0. The van der Waals surface area contributed by atoms with Gasteiger partial charge in [0.25, 0.3) is 0 Å². The van der Waals surface area contributed by atoms with Gasteiger partial charge in [0, 0.05) is 10.0 Å². The highest BCUT2D eigenvalue weighted by molar-refractivity contribution is 9.10.